The molecule has 0 saturated carbocycles. The number of piperidine rings is 1. The molecule has 144 valence electrons. The molecule has 1 aliphatic heterocycles. The molecule has 27 heavy (non-hydrogen) atoms. The van der Waals surface area contributed by atoms with Gasteiger partial charge in [0.05, 0.1) is 0 Å². The fourth-order valence-corrected chi connectivity index (χ4v) is 3.77. The van der Waals surface area contributed by atoms with Crippen LogP contribution in [0.2, 0.25) is 0 Å². The Morgan fingerprint density at radius 1 is 1.11 bits per heavy atom. The Morgan fingerprint density at radius 2 is 1.78 bits per heavy atom. The van der Waals surface area contributed by atoms with Gasteiger partial charge in [0.25, 0.3) is 5.91 Å². The van der Waals surface area contributed by atoms with Crippen molar-refractivity contribution < 1.29 is 4.79 Å². The Morgan fingerprint density at radius 3 is 2.41 bits per heavy atom. The summed E-state index contributed by atoms with van der Waals surface area (Å²) in [5, 5.41) is 3.13. The Labute approximate surface area is 163 Å². The van der Waals surface area contributed by atoms with E-state index < -0.39 is 0 Å². The quantitative estimate of drug-likeness (QED) is 0.748. The number of rotatable bonds is 5. The van der Waals surface area contributed by atoms with Crippen LogP contribution in [0.15, 0.2) is 42.5 Å². The van der Waals surface area contributed by atoms with Crippen LogP contribution < -0.4 is 5.32 Å². The molecule has 1 fully saturated rings. The number of likely N-dealkylation sites (tertiary alicyclic amines) is 1. The summed E-state index contributed by atoms with van der Waals surface area (Å²) < 4.78 is 0. The molecule has 0 spiro atoms. The van der Waals surface area contributed by atoms with Crippen LogP contribution >= 0.6 is 0 Å². The van der Waals surface area contributed by atoms with Gasteiger partial charge in [0.15, 0.2) is 0 Å². The van der Waals surface area contributed by atoms with E-state index in [1.54, 1.807) is 0 Å². The monoisotopic (exact) mass is 364 g/mol. The number of nitrogens with zero attached hydrogens (tertiary/aromatic N) is 1. The minimum Gasteiger partial charge on any atom is -0.321 e. The van der Waals surface area contributed by atoms with Gasteiger partial charge < -0.3 is 5.32 Å². The van der Waals surface area contributed by atoms with Gasteiger partial charge in [0, 0.05) is 17.8 Å². The number of aryl methyl sites for hydroxylation is 1. The first-order valence-electron chi connectivity index (χ1n) is 10.2. The second-order valence-corrected chi connectivity index (χ2v) is 8.30. The van der Waals surface area contributed by atoms with Crippen molar-refractivity contribution in [2.45, 2.75) is 53.0 Å². The first kappa shape index (κ1) is 19.6. The smallest absolute Gasteiger partial charge is 0.255 e. The normalized spacial score (nSPS) is 15.9. The van der Waals surface area contributed by atoms with Crippen LogP contribution in [0.5, 0.6) is 0 Å². The minimum absolute atomic E-state index is 0.0375. The Bertz CT molecular complexity index is 771. The van der Waals surface area contributed by atoms with E-state index in [2.05, 4.69) is 55.3 Å². The summed E-state index contributed by atoms with van der Waals surface area (Å²) in [6.45, 7) is 12.0. The average Bonchev–Trinajstić information content (AvgIpc) is 2.65. The van der Waals surface area contributed by atoms with Crippen molar-refractivity contribution >= 4 is 11.6 Å². The molecular weight excluding hydrogens is 332 g/mol. The van der Waals surface area contributed by atoms with Crippen molar-refractivity contribution in [2.24, 2.45) is 5.92 Å². The van der Waals surface area contributed by atoms with Gasteiger partial charge in [0.2, 0.25) is 0 Å². The molecule has 1 amide bonds. The maximum absolute atomic E-state index is 12.8. The van der Waals surface area contributed by atoms with Crippen molar-refractivity contribution in [1.29, 1.82) is 0 Å². The van der Waals surface area contributed by atoms with Crippen molar-refractivity contribution in [3.8, 4) is 0 Å². The summed E-state index contributed by atoms with van der Waals surface area (Å²) in [5.74, 6) is 1.18. The summed E-state index contributed by atoms with van der Waals surface area (Å²) in [4.78, 5) is 15.3. The number of benzene rings is 2. The lowest BCUT2D eigenvalue weighted by Crippen LogP contribution is -2.32. The van der Waals surface area contributed by atoms with E-state index in [1.807, 2.05) is 25.1 Å². The number of hydrogen-bond acceptors (Lipinski definition) is 2. The van der Waals surface area contributed by atoms with Crippen molar-refractivity contribution in [2.75, 3.05) is 18.4 Å². The van der Waals surface area contributed by atoms with Gasteiger partial charge in [-0.05, 0) is 73.5 Å². The number of nitrogens with one attached hydrogen (secondary N) is 1. The zero-order chi connectivity index (χ0) is 19.4. The number of anilines is 1. The third-order valence-corrected chi connectivity index (χ3v) is 5.66. The van der Waals surface area contributed by atoms with E-state index in [9.17, 15) is 4.79 Å². The van der Waals surface area contributed by atoms with Gasteiger partial charge in [0.1, 0.15) is 0 Å². The van der Waals surface area contributed by atoms with Crippen molar-refractivity contribution in [3.05, 3.63) is 64.7 Å². The van der Waals surface area contributed by atoms with Crippen LogP contribution in [0.1, 0.15) is 66.6 Å². The molecule has 2 aromatic carbocycles. The molecule has 3 heteroatoms. The standard InChI is InChI=1S/C24H32N2O/c1-17(2)22-7-5-6-19(4)23(22)25-24(27)21-10-8-20(9-11-21)16-26-14-12-18(3)13-15-26/h5-11,17-18H,12-16H2,1-4H3,(H,25,27). The first-order chi connectivity index (χ1) is 12.9. The summed E-state index contributed by atoms with van der Waals surface area (Å²) >= 11 is 0. The molecule has 0 atom stereocenters. The molecular formula is C24H32N2O. The van der Waals surface area contributed by atoms with E-state index in [0.717, 1.165) is 23.7 Å². The topological polar surface area (TPSA) is 32.3 Å². The van der Waals surface area contributed by atoms with Gasteiger partial charge in [-0.3, -0.25) is 9.69 Å². The molecule has 0 radical (unpaired) electrons. The van der Waals surface area contributed by atoms with Crippen LogP contribution in [-0.4, -0.2) is 23.9 Å². The number of para-hydroxylation sites is 1. The lowest BCUT2D eigenvalue weighted by molar-refractivity contribution is 0.102. The SMILES string of the molecule is Cc1cccc(C(C)C)c1NC(=O)c1ccc(CN2CCC(C)CC2)cc1. The molecule has 2 aromatic rings. The minimum atomic E-state index is -0.0375. The predicted molar refractivity (Wildman–Crippen MR) is 113 cm³/mol. The van der Waals surface area contributed by atoms with Crippen LogP contribution in [0, 0.1) is 12.8 Å². The van der Waals surface area contributed by atoms with E-state index >= 15 is 0 Å². The molecule has 1 saturated heterocycles. The fraction of sp³-hybridized carbons (Fsp3) is 0.458. The summed E-state index contributed by atoms with van der Waals surface area (Å²) in [5.41, 5.74) is 5.22. The second kappa shape index (κ2) is 8.71. The molecule has 0 unspecified atom stereocenters. The van der Waals surface area contributed by atoms with Gasteiger partial charge >= 0.3 is 0 Å². The number of hydrogen-bond donors (Lipinski definition) is 1. The molecule has 0 aliphatic carbocycles. The van der Waals surface area contributed by atoms with Crippen LogP contribution in [-0.2, 0) is 6.54 Å². The molecule has 3 rings (SSSR count). The highest BCUT2D eigenvalue weighted by atomic mass is 16.1. The third-order valence-electron chi connectivity index (χ3n) is 5.66. The summed E-state index contributed by atoms with van der Waals surface area (Å²) in [6, 6.07) is 14.3. The molecule has 0 aromatic heterocycles. The van der Waals surface area contributed by atoms with E-state index in [-0.39, 0.29) is 5.91 Å². The Kier molecular flexibility index (Phi) is 6.33. The van der Waals surface area contributed by atoms with Gasteiger partial charge in [-0.25, -0.2) is 0 Å². The molecule has 1 aliphatic rings. The van der Waals surface area contributed by atoms with Crippen molar-refractivity contribution in [3.63, 3.8) is 0 Å². The lowest BCUT2D eigenvalue weighted by Gasteiger charge is -2.30. The zero-order valence-corrected chi connectivity index (χ0v) is 17.1. The van der Waals surface area contributed by atoms with E-state index in [1.165, 1.54) is 37.1 Å². The van der Waals surface area contributed by atoms with Crippen LogP contribution in [0.4, 0.5) is 5.69 Å². The Balaban J connectivity index is 1.66. The van der Waals surface area contributed by atoms with Gasteiger partial charge in [-0.15, -0.1) is 0 Å². The Hall–Kier alpha value is -2.13. The first-order valence-corrected chi connectivity index (χ1v) is 10.2. The van der Waals surface area contributed by atoms with Gasteiger partial charge in [-0.2, -0.15) is 0 Å². The zero-order valence-electron chi connectivity index (χ0n) is 17.1. The molecule has 3 nitrogen and oxygen atoms in total. The second-order valence-electron chi connectivity index (χ2n) is 8.30. The average molecular weight is 365 g/mol. The summed E-state index contributed by atoms with van der Waals surface area (Å²) in [7, 11) is 0. The molecule has 1 N–H and O–H groups in total. The van der Waals surface area contributed by atoms with Gasteiger partial charge in [-0.1, -0.05) is 51.1 Å². The molecule has 0 bridgehead atoms. The highest BCUT2D eigenvalue weighted by Gasteiger charge is 2.16. The van der Waals surface area contributed by atoms with E-state index in [0.29, 0.717) is 11.5 Å². The fourth-order valence-electron chi connectivity index (χ4n) is 3.77. The molecule has 1 heterocycles. The highest BCUT2D eigenvalue weighted by molar-refractivity contribution is 6.05. The van der Waals surface area contributed by atoms with Crippen LogP contribution in [0.3, 0.4) is 0 Å². The lowest BCUT2D eigenvalue weighted by atomic mass is 9.98. The maximum Gasteiger partial charge on any atom is 0.255 e. The van der Waals surface area contributed by atoms with Crippen molar-refractivity contribution in [1.82, 2.24) is 4.90 Å². The third kappa shape index (κ3) is 4.98. The highest BCUT2D eigenvalue weighted by Crippen LogP contribution is 2.28. The maximum atomic E-state index is 12.8. The number of amides is 1. The number of carbonyl (C=O) groups is 1. The summed E-state index contributed by atoms with van der Waals surface area (Å²) in [6.07, 6.45) is 2.57. The van der Waals surface area contributed by atoms with Crippen LogP contribution in [0.25, 0.3) is 0 Å². The van der Waals surface area contributed by atoms with E-state index in [4.69, 9.17) is 0 Å². The largest absolute Gasteiger partial charge is 0.321 e. The number of carbonyl (C=O) groups excluding carboxylic acids is 1. The predicted octanol–water partition coefficient (Wildman–Crippen LogP) is 5.60.